The summed E-state index contributed by atoms with van der Waals surface area (Å²) < 4.78 is 13.5. The Morgan fingerprint density at radius 2 is 2.19 bits per heavy atom. The number of hydrogen-bond donors (Lipinski definition) is 2. The van der Waals surface area contributed by atoms with E-state index in [0.29, 0.717) is 4.47 Å². The molecule has 0 unspecified atom stereocenters. The van der Waals surface area contributed by atoms with Crippen LogP contribution in [0.3, 0.4) is 0 Å². The number of carbonyl (C=O) groups is 1. The van der Waals surface area contributed by atoms with Gasteiger partial charge < -0.3 is 10.4 Å². The fourth-order valence-electron chi connectivity index (χ4n) is 1.09. The smallest absolute Gasteiger partial charge is 0.253 e. The molecule has 0 fully saturated rings. The number of benzene rings is 1. The number of amides is 1. The quantitative estimate of drug-likeness (QED) is 0.895. The van der Waals surface area contributed by atoms with Gasteiger partial charge in [0.15, 0.2) is 0 Å². The maximum Gasteiger partial charge on any atom is 0.253 e. The zero-order valence-electron chi connectivity index (χ0n) is 9.05. The van der Waals surface area contributed by atoms with Crippen LogP contribution in [0.1, 0.15) is 24.2 Å². The Kier molecular flexibility index (Phi) is 4.04. The number of aliphatic hydroxyl groups excluding tert-OH is 1. The highest BCUT2D eigenvalue weighted by Crippen LogP contribution is 2.18. The van der Waals surface area contributed by atoms with Crippen LogP contribution < -0.4 is 5.32 Å². The van der Waals surface area contributed by atoms with E-state index in [-0.39, 0.29) is 12.2 Å². The molecule has 1 aromatic carbocycles. The van der Waals surface area contributed by atoms with E-state index < -0.39 is 17.3 Å². The topological polar surface area (TPSA) is 49.3 Å². The lowest BCUT2D eigenvalue weighted by molar-refractivity contribution is 0.0868. The second kappa shape index (κ2) is 4.93. The lowest BCUT2D eigenvalue weighted by atomic mass is 10.1. The average molecular weight is 290 g/mol. The summed E-state index contributed by atoms with van der Waals surface area (Å²) >= 11 is 3.17. The molecule has 3 nitrogen and oxygen atoms in total. The lowest BCUT2D eigenvalue weighted by Gasteiger charge is -2.23. The van der Waals surface area contributed by atoms with Gasteiger partial charge in [-0.25, -0.2) is 4.39 Å². The predicted octanol–water partition coefficient (Wildman–Crippen LogP) is 2.09. The van der Waals surface area contributed by atoms with Crippen molar-refractivity contribution in [2.24, 2.45) is 0 Å². The Bertz CT molecular complexity index is 407. The first-order valence-electron chi connectivity index (χ1n) is 4.74. The summed E-state index contributed by atoms with van der Waals surface area (Å²) in [7, 11) is 0. The van der Waals surface area contributed by atoms with Gasteiger partial charge in [-0.05, 0) is 48.0 Å². The monoisotopic (exact) mass is 289 g/mol. The molecule has 0 aliphatic carbocycles. The van der Waals surface area contributed by atoms with Crippen molar-refractivity contribution in [1.82, 2.24) is 5.32 Å². The number of aliphatic hydroxyl groups is 1. The van der Waals surface area contributed by atoms with Crippen molar-refractivity contribution in [3.63, 3.8) is 0 Å². The summed E-state index contributed by atoms with van der Waals surface area (Å²) in [5.41, 5.74) is -0.524. The molecule has 0 aliphatic heterocycles. The van der Waals surface area contributed by atoms with Crippen molar-refractivity contribution in [1.29, 1.82) is 0 Å². The van der Waals surface area contributed by atoms with Gasteiger partial charge in [0.2, 0.25) is 0 Å². The summed E-state index contributed by atoms with van der Waals surface area (Å²) in [6.07, 6.45) is 0. The fourth-order valence-corrected chi connectivity index (χ4v) is 1.51. The van der Waals surface area contributed by atoms with Gasteiger partial charge in [0.25, 0.3) is 5.91 Å². The van der Waals surface area contributed by atoms with E-state index in [0.717, 1.165) is 6.07 Å². The molecule has 0 bridgehead atoms. The van der Waals surface area contributed by atoms with Crippen LogP contribution in [0.15, 0.2) is 22.7 Å². The van der Waals surface area contributed by atoms with E-state index in [1.54, 1.807) is 13.8 Å². The third-order valence-corrected chi connectivity index (χ3v) is 2.71. The number of halogens is 2. The van der Waals surface area contributed by atoms with Crippen molar-refractivity contribution in [3.8, 4) is 0 Å². The van der Waals surface area contributed by atoms with Crippen LogP contribution in [-0.2, 0) is 0 Å². The van der Waals surface area contributed by atoms with Crippen LogP contribution in [0.2, 0.25) is 0 Å². The maximum absolute atomic E-state index is 13.0. The molecule has 0 aromatic heterocycles. The fraction of sp³-hybridized carbons (Fsp3) is 0.364. The molecule has 0 saturated heterocycles. The van der Waals surface area contributed by atoms with Crippen molar-refractivity contribution < 1.29 is 14.3 Å². The summed E-state index contributed by atoms with van der Waals surface area (Å²) in [5.74, 6) is -0.902. The molecule has 0 heterocycles. The van der Waals surface area contributed by atoms with Gasteiger partial charge in [-0.1, -0.05) is 0 Å². The zero-order chi connectivity index (χ0) is 12.3. The number of hydrogen-bond acceptors (Lipinski definition) is 2. The second-order valence-corrected chi connectivity index (χ2v) is 4.97. The third-order valence-electron chi connectivity index (χ3n) is 2.02. The van der Waals surface area contributed by atoms with Gasteiger partial charge >= 0.3 is 0 Å². The van der Waals surface area contributed by atoms with E-state index in [1.807, 2.05) is 0 Å². The molecule has 1 aromatic rings. The van der Waals surface area contributed by atoms with Crippen LogP contribution in [0.5, 0.6) is 0 Å². The van der Waals surface area contributed by atoms with E-state index >= 15 is 0 Å². The molecule has 0 saturated carbocycles. The zero-order valence-corrected chi connectivity index (χ0v) is 10.6. The van der Waals surface area contributed by atoms with Crippen LogP contribution in [0, 0.1) is 5.82 Å². The van der Waals surface area contributed by atoms with Crippen molar-refractivity contribution in [2.75, 3.05) is 6.61 Å². The Labute approximate surface area is 102 Å². The molecule has 0 spiro atoms. The molecule has 2 N–H and O–H groups in total. The highest BCUT2D eigenvalue weighted by Gasteiger charge is 2.21. The van der Waals surface area contributed by atoms with E-state index in [4.69, 9.17) is 5.11 Å². The largest absolute Gasteiger partial charge is 0.394 e. The SMILES string of the molecule is CC(C)(CO)NC(=O)c1cc(F)ccc1Br. The van der Waals surface area contributed by atoms with Gasteiger partial charge in [0.1, 0.15) is 5.82 Å². The summed E-state index contributed by atoms with van der Waals surface area (Å²) in [6.45, 7) is 3.17. The van der Waals surface area contributed by atoms with Crippen molar-refractivity contribution in [2.45, 2.75) is 19.4 Å². The lowest BCUT2D eigenvalue weighted by Crippen LogP contribution is -2.46. The first-order valence-corrected chi connectivity index (χ1v) is 5.53. The Balaban J connectivity index is 2.93. The number of carbonyl (C=O) groups excluding carboxylic acids is 1. The van der Waals surface area contributed by atoms with Crippen LogP contribution in [0.4, 0.5) is 4.39 Å². The van der Waals surface area contributed by atoms with Crippen LogP contribution >= 0.6 is 15.9 Å². The summed E-state index contributed by atoms with van der Waals surface area (Å²) in [5, 5.41) is 11.6. The van der Waals surface area contributed by atoms with Gasteiger partial charge in [-0.3, -0.25) is 4.79 Å². The second-order valence-electron chi connectivity index (χ2n) is 4.12. The standard InChI is InChI=1S/C11H13BrFNO2/c1-11(2,6-15)14-10(16)8-5-7(13)3-4-9(8)12/h3-5,15H,6H2,1-2H3,(H,14,16). The first kappa shape index (κ1) is 13.1. The normalized spacial score (nSPS) is 11.3. The van der Waals surface area contributed by atoms with E-state index in [9.17, 15) is 9.18 Å². The van der Waals surface area contributed by atoms with Gasteiger partial charge in [0, 0.05) is 4.47 Å². The Morgan fingerprint density at radius 1 is 1.56 bits per heavy atom. The highest BCUT2D eigenvalue weighted by atomic mass is 79.9. The van der Waals surface area contributed by atoms with Gasteiger partial charge in [0.05, 0.1) is 17.7 Å². The van der Waals surface area contributed by atoms with Crippen molar-refractivity contribution >= 4 is 21.8 Å². The molecule has 1 rings (SSSR count). The minimum atomic E-state index is -0.733. The van der Waals surface area contributed by atoms with Crippen LogP contribution in [-0.4, -0.2) is 23.2 Å². The van der Waals surface area contributed by atoms with Crippen molar-refractivity contribution in [3.05, 3.63) is 34.1 Å². The minimum Gasteiger partial charge on any atom is -0.394 e. The molecule has 1 amide bonds. The number of nitrogens with one attached hydrogen (secondary N) is 1. The van der Waals surface area contributed by atoms with Gasteiger partial charge in [-0.2, -0.15) is 0 Å². The van der Waals surface area contributed by atoms with Crippen LogP contribution in [0.25, 0.3) is 0 Å². The maximum atomic E-state index is 13.0. The highest BCUT2D eigenvalue weighted by molar-refractivity contribution is 9.10. The number of rotatable bonds is 3. The summed E-state index contributed by atoms with van der Waals surface area (Å²) in [6, 6.07) is 3.88. The Hall–Kier alpha value is -0.940. The average Bonchev–Trinajstić information content (AvgIpc) is 2.21. The molecular weight excluding hydrogens is 277 g/mol. The molecule has 0 radical (unpaired) electrons. The molecule has 88 valence electrons. The molecule has 0 aliphatic rings. The summed E-state index contributed by atoms with van der Waals surface area (Å²) in [4.78, 5) is 11.8. The third kappa shape index (κ3) is 3.28. The molecule has 0 atom stereocenters. The molecule has 16 heavy (non-hydrogen) atoms. The molecular formula is C11H13BrFNO2. The first-order chi connectivity index (χ1) is 7.35. The predicted molar refractivity (Wildman–Crippen MR) is 62.7 cm³/mol. The van der Waals surface area contributed by atoms with Gasteiger partial charge in [-0.15, -0.1) is 0 Å². The minimum absolute atomic E-state index is 0.189. The molecule has 5 heteroatoms. The van der Waals surface area contributed by atoms with E-state index in [1.165, 1.54) is 12.1 Å². The van der Waals surface area contributed by atoms with E-state index in [2.05, 4.69) is 21.2 Å². The Morgan fingerprint density at radius 3 is 2.75 bits per heavy atom.